The molecule has 0 aliphatic heterocycles. The largest absolute Gasteiger partial charge is 0.507 e. The van der Waals surface area contributed by atoms with Crippen molar-refractivity contribution in [2.75, 3.05) is 26.4 Å². The molecule has 0 spiro atoms. The second kappa shape index (κ2) is 12.8. The Morgan fingerprint density at radius 2 is 2.07 bits per heavy atom. The SMILES string of the molecule is C=C/C(C(=O)C1=C(C(=O)CC)C=CC=CC1)=C(O)\C(C)=C(/CO)COCCCN. The van der Waals surface area contributed by atoms with E-state index in [9.17, 15) is 19.8 Å². The highest BCUT2D eigenvalue weighted by Crippen LogP contribution is 2.25. The number of Topliss-reactive ketones (excluding diaryl/α,β-unsaturated/α-hetero) is 2. The lowest BCUT2D eigenvalue weighted by Gasteiger charge is -2.14. The predicted molar refractivity (Wildman–Crippen MR) is 114 cm³/mol. The molecule has 4 N–H and O–H groups in total. The van der Waals surface area contributed by atoms with Crippen LogP contribution in [-0.4, -0.2) is 48.1 Å². The average molecular weight is 402 g/mol. The van der Waals surface area contributed by atoms with Crippen molar-refractivity contribution < 1.29 is 24.5 Å². The number of aliphatic hydroxyl groups is 2. The molecule has 0 unspecified atom stereocenters. The third-order valence-electron chi connectivity index (χ3n) is 4.60. The van der Waals surface area contributed by atoms with Gasteiger partial charge < -0.3 is 20.7 Å². The van der Waals surface area contributed by atoms with Gasteiger partial charge in [0.1, 0.15) is 5.76 Å². The number of aliphatic hydroxyl groups excluding tert-OH is 2. The average Bonchev–Trinajstić information content (AvgIpc) is 2.99. The minimum atomic E-state index is -0.466. The van der Waals surface area contributed by atoms with E-state index < -0.39 is 5.78 Å². The molecule has 0 aromatic heterocycles. The van der Waals surface area contributed by atoms with Crippen LogP contribution in [0.15, 0.2) is 70.6 Å². The van der Waals surface area contributed by atoms with E-state index in [1.54, 1.807) is 38.2 Å². The Kier molecular flexibility index (Phi) is 10.8. The van der Waals surface area contributed by atoms with E-state index in [2.05, 4.69) is 6.58 Å². The van der Waals surface area contributed by atoms with Crippen LogP contribution in [0.3, 0.4) is 0 Å². The molecule has 29 heavy (non-hydrogen) atoms. The highest BCUT2D eigenvalue weighted by Gasteiger charge is 2.23. The predicted octanol–water partition coefficient (Wildman–Crippen LogP) is 3.02. The van der Waals surface area contributed by atoms with E-state index in [-0.39, 0.29) is 43.2 Å². The standard InChI is InChI=1S/C23H31NO5/c1-4-18(22(27)16(3)17(14-25)15-29-13-9-12-24)23(28)20-11-8-6-7-10-19(20)21(26)5-2/h4,6-8,10,25,27H,1,5,9,11-15,24H2,2-3H3/b17-16+,22-18-. The smallest absolute Gasteiger partial charge is 0.193 e. The van der Waals surface area contributed by atoms with Gasteiger partial charge in [0.05, 0.1) is 18.8 Å². The van der Waals surface area contributed by atoms with Crippen molar-refractivity contribution >= 4 is 11.6 Å². The maximum atomic E-state index is 13.2. The molecule has 0 saturated heterocycles. The third kappa shape index (κ3) is 6.78. The molecule has 158 valence electrons. The topological polar surface area (TPSA) is 110 Å². The lowest BCUT2D eigenvalue weighted by molar-refractivity contribution is -0.116. The highest BCUT2D eigenvalue weighted by molar-refractivity contribution is 6.16. The summed E-state index contributed by atoms with van der Waals surface area (Å²) in [5.41, 5.74) is 6.84. The number of rotatable bonds is 12. The highest BCUT2D eigenvalue weighted by atomic mass is 16.5. The van der Waals surface area contributed by atoms with Crippen molar-refractivity contribution in [2.24, 2.45) is 5.73 Å². The molecule has 6 nitrogen and oxygen atoms in total. The Hall–Kier alpha value is -2.54. The molecule has 6 heteroatoms. The molecule has 0 radical (unpaired) electrons. The van der Waals surface area contributed by atoms with Gasteiger partial charge in [-0.15, -0.1) is 0 Å². The van der Waals surface area contributed by atoms with Crippen LogP contribution in [0.4, 0.5) is 0 Å². The number of carbonyl (C=O) groups is 2. The first-order valence-corrected chi connectivity index (χ1v) is 9.70. The first-order valence-electron chi connectivity index (χ1n) is 9.70. The van der Waals surface area contributed by atoms with Crippen molar-refractivity contribution in [1.82, 2.24) is 0 Å². The number of hydrogen-bond acceptors (Lipinski definition) is 6. The summed E-state index contributed by atoms with van der Waals surface area (Å²) in [5.74, 6) is -0.900. The molecule has 0 fully saturated rings. The van der Waals surface area contributed by atoms with Gasteiger partial charge in [-0.05, 0) is 37.5 Å². The van der Waals surface area contributed by atoms with E-state index in [1.807, 2.05) is 0 Å². The van der Waals surface area contributed by atoms with Crippen molar-refractivity contribution in [2.45, 2.75) is 33.1 Å². The van der Waals surface area contributed by atoms with Gasteiger partial charge in [0.25, 0.3) is 0 Å². The zero-order chi connectivity index (χ0) is 21.8. The van der Waals surface area contributed by atoms with E-state index in [1.165, 1.54) is 6.08 Å². The molecule has 0 aromatic carbocycles. The summed E-state index contributed by atoms with van der Waals surface area (Å²) in [5, 5.41) is 20.4. The fourth-order valence-corrected chi connectivity index (χ4v) is 2.78. The van der Waals surface area contributed by atoms with Gasteiger partial charge >= 0.3 is 0 Å². The van der Waals surface area contributed by atoms with Crippen LogP contribution >= 0.6 is 0 Å². The van der Waals surface area contributed by atoms with Crippen LogP contribution in [0.25, 0.3) is 0 Å². The Labute approximate surface area is 172 Å². The number of allylic oxidation sites excluding steroid dienone is 9. The molecule has 0 heterocycles. The number of ketones is 2. The van der Waals surface area contributed by atoms with Crippen molar-refractivity contribution in [3.05, 3.63) is 70.6 Å². The van der Waals surface area contributed by atoms with Crippen LogP contribution in [0.2, 0.25) is 0 Å². The molecule has 0 amide bonds. The van der Waals surface area contributed by atoms with Gasteiger partial charge in [0.2, 0.25) is 0 Å². The summed E-state index contributed by atoms with van der Waals surface area (Å²) in [7, 11) is 0. The monoisotopic (exact) mass is 401 g/mol. The molecule has 0 saturated carbocycles. The van der Waals surface area contributed by atoms with E-state index in [0.29, 0.717) is 41.9 Å². The summed E-state index contributed by atoms with van der Waals surface area (Å²) in [4.78, 5) is 25.5. The summed E-state index contributed by atoms with van der Waals surface area (Å²) >= 11 is 0. The first kappa shape index (κ1) is 24.5. The van der Waals surface area contributed by atoms with Crippen molar-refractivity contribution in [3.8, 4) is 0 Å². The third-order valence-corrected chi connectivity index (χ3v) is 4.60. The molecule has 1 aliphatic carbocycles. The van der Waals surface area contributed by atoms with Crippen LogP contribution in [0.1, 0.15) is 33.1 Å². The second-order valence-corrected chi connectivity index (χ2v) is 6.54. The second-order valence-electron chi connectivity index (χ2n) is 6.54. The maximum Gasteiger partial charge on any atom is 0.193 e. The Morgan fingerprint density at radius 1 is 1.34 bits per heavy atom. The van der Waals surface area contributed by atoms with E-state index in [4.69, 9.17) is 10.5 Å². The summed E-state index contributed by atoms with van der Waals surface area (Å²) in [6, 6.07) is 0. The van der Waals surface area contributed by atoms with Crippen LogP contribution in [0, 0.1) is 0 Å². The normalized spacial score (nSPS) is 15.6. The van der Waals surface area contributed by atoms with Crippen LogP contribution in [0.5, 0.6) is 0 Å². The fourth-order valence-electron chi connectivity index (χ4n) is 2.78. The van der Waals surface area contributed by atoms with Crippen LogP contribution in [-0.2, 0) is 14.3 Å². The number of ether oxygens (including phenoxy) is 1. The van der Waals surface area contributed by atoms with Gasteiger partial charge in [0.15, 0.2) is 11.6 Å². The number of nitrogens with two attached hydrogens (primary N) is 1. The molecule has 0 aromatic rings. The Bertz CT molecular complexity index is 781. The van der Waals surface area contributed by atoms with Crippen molar-refractivity contribution in [3.63, 3.8) is 0 Å². The Balaban J connectivity index is 3.35. The zero-order valence-corrected chi connectivity index (χ0v) is 17.2. The lowest BCUT2D eigenvalue weighted by Crippen LogP contribution is -2.15. The van der Waals surface area contributed by atoms with E-state index in [0.717, 1.165) is 0 Å². The van der Waals surface area contributed by atoms with Gasteiger partial charge in [0, 0.05) is 24.2 Å². The van der Waals surface area contributed by atoms with Gasteiger partial charge in [-0.25, -0.2) is 0 Å². The molecule has 1 aliphatic rings. The summed E-state index contributed by atoms with van der Waals surface area (Å²) in [6.07, 6.45) is 9.38. The quantitative estimate of drug-likeness (QED) is 0.201. The molecule has 0 bridgehead atoms. The van der Waals surface area contributed by atoms with Gasteiger partial charge in [-0.2, -0.15) is 0 Å². The zero-order valence-electron chi connectivity index (χ0n) is 17.2. The first-order chi connectivity index (χ1) is 13.9. The number of hydrogen-bond donors (Lipinski definition) is 3. The minimum Gasteiger partial charge on any atom is -0.507 e. The Morgan fingerprint density at radius 3 is 2.66 bits per heavy atom. The van der Waals surface area contributed by atoms with Crippen molar-refractivity contribution in [1.29, 1.82) is 0 Å². The molecular formula is C23H31NO5. The molecule has 0 atom stereocenters. The maximum absolute atomic E-state index is 13.2. The van der Waals surface area contributed by atoms with Crippen LogP contribution < -0.4 is 5.73 Å². The molecular weight excluding hydrogens is 370 g/mol. The number of carbonyl (C=O) groups excluding carboxylic acids is 2. The van der Waals surface area contributed by atoms with Gasteiger partial charge in [-0.3, -0.25) is 9.59 Å². The minimum absolute atomic E-state index is 0.0180. The van der Waals surface area contributed by atoms with Gasteiger partial charge in [-0.1, -0.05) is 43.9 Å². The lowest BCUT2D eigenvalue weighted by atomic mass is 9.91. The summed E-state index contributed by atoms with van der Waals surface area (Å²) in [6.45, 7) is 7.69. The molecule has 1 rings (SSSR count). The summed E-state index contributed by atoms with van der Waals surface area (Å²) < 4.78 is 5.45. The fraction of sp³-hybridized carbons (Fsp3) is 0.391. The van der Waals surface area contributed by atoms with E-state index >= 15 is 0 Å².